The third kappa shape index (κ3) is 11.2. The molecule has 1 aromatic heterocycles. The summed E-state index contributed by atoms with van der Waals surface area (Å²) in [6.45, 7) is 2.59. The third-order valence-electron chi connectivity index (χ3n) is 3.69. The molecule has 0 spiro atoms. The van der Waals surface area contributed by atoms with E-state index in [-0.39, 0.29) is 31.5 Å². The van der Waals surface area contributed by atoms with Gasteiger partial charge in [0.2, 0.25) is 0 Å². The van der Waals surface area contributed by atoms with Crippen LogP contribution >= 0.6 is 23.7 Å². The molecular formula is C20H29ClN2O6S. The van der Waals surface area contributed by atoms with Gasteiger partial charge in [-0.1, -0.05) is 0 Å². The number of amides is 1. The van der Waals surface area contributed by atoms with Crippen LogP contribution in [-0.2, 0) is 9.53 Å². The van der Waals surface area contributed by atoms with Crippen molar-refractivity contribution < 1.29 is 28.8 Å². The fourth-order valence-electron chi connectivity index (χ4n) is 2.22. The molecular weight excluding hydrogens is 432 g/mol. The van der Waals surface area contributed by atoms with Crippen LogP contribution in [0.15, 0.2) is 41.1 Å². The van der Waals surface area contributed by atoms with E-state index in [9.17, 15) is 9.90 Å². The zero-order chi connectivity index (χ0) is 20.7. The molecule has 0 bridgehead atoms. The first-order chi connectivity index (χ1) is 14.2. The SMILES string of the molecule is COCCNC(=O)COc1ccc(OCCNCC(O)COc2ccsc2)cc1.Cl. The highest BCUT2D eigenvalue weighted by atomic mass is 35.5. The van der Waals surface area contributed by atoms with Gasteiger partial charge in [0.25, 0.3) is 5.91 Å². The lowest BCUT2D eigenvalue weighted by molar-refractivity contribution is -0.123. The van der Waals surface area contributed by atoms with Gasteiger partial charge in [-0.2, -0.15) is 0 Å². The number of ether oxygens (including phenoxy) is 4. The number of nitrogens with one attached hydrogen (secondary N) is 2. The number of benzene rings is 1. The van der Waals surface area contributed by atoms with Gasteiger partial charge in [0.1, 0.15) is 36.6 Å². The lowest BCUT2D eigenvalue weighted by atomic mass is 10.3. The molecule has 2 aromatic rings. The molecule has 1 amide bonds. The van der Waals surface area contributed by atoms with Gasteiger partial charge in [-0.25, -0.2) is 0 Å². The topological polar surface area (TPSA) is 98.3 Å². The lowest BCUT2D eigenvalue weighted by Crippen LogP contribution is -2.33. The van der Waals surface area contributed by atoms with E-state index >= 15 is 0 Å². The van der Waals surface area contributed by atoms with Crippen molar-refractivity contribution in [2.24, 2.45) is 0 Å². The number of thiophene rings is 1. The zero-order valence-corrected chi connectivity index (χ0v) is 18.5. The van der Waals surface area contributed by atoms with Gasteiger partial charge in [-0.05, 0) is 35.7 Å². The summed E-state index contributed by atoms with van der Waals surface area (Å²) in [4.78, 5) is 11.6. The van der Waals surface area contributed by atoms with Gasteiger partial charge < -0.3 is 34.7 Å². The van der Waals surface area contributed by atoms with Gasteiger partial charge >= 0.3 is 0 Å². The molecule has 1 atom stereocenters. The second kappa shape index (κ2) is 15.8. The molecule has 8 nitrogen and oxygen atoms in total. The van der Waals surface area contributed by atoms with Gasteiger partial charge in [-0.15, -0.1) is 23.7 Å². The fourth-order valence-corrected chi connectivity index (χ4v) is 2.79. The molecule has 2 rings (SSSR count). The molecule has 0 fully saturated rings. The van der Waals surface area contributed by atoms with Gasteiger partial charge in [0, 0.05) is 32.1 Å². The molecule has 0 radical (unpaired) electrons. The highest BCUT2D eigenvalue weighted by Crippen LogP contribution is 2.17. The van der Waals surface area contributed by atoms with Crippen molar-refractivity contribution in [3.05, 3.63) is 41.1 Å². The molecule has 0 saturated carbocycles. The van der Waals surface area contributed by atoms with Gasteiger partial charge in [-0.3, -0.25) is 4.79 Å². The predicted molar refractivity (Wildman–Crippen MR) is 118 cm³/mol. The molecule has 168 valence electrons. The lowest BCUT2D eigenvalue weighted by Gasteiger charge is -2.13. The largest absolute Gasteiger partial charge is 0.492 e. The Balaban J connectivity index is 0.00000450. The van der Waals surface area contributed by atoms with Crippen molar-refractivity contribution in [1.82, 2.24) is 10.6 Å². The van der Waals surface area contributed by atoms with Crippen LogP contribution < -0.4 is 24.8 Å². The van der Waals surface area contributed by atoms with Crippen molar-refractivity contribution in [2.75, 3.05) is 53.2 Å². The normalized spacial score (nSPS) is 11.3. The maximum Gasteiger partial charge on any atom is 0.258 e. The first-order valence-corrected chi connectivity index (χ1v) is 10.3. The average molecular weight is 461 g/mol. The number of aliphatic hydroxyl groups excluding tert-OH is 1. The molecule has 0 saturated heterocycles. The minimum Gasteiger partial charge on any atom is -0.492 e. The quantitative estimate of drug-likeness (QED) is 0.348. The summed E-state index contributed by atoms with van der Waals surface area (Å²) >= 11 is 1.55. The van der Waals surface area contributed by atoms with Crippen molar-refractivity contribution in [2.45, 2.75) is 6.10 Å². The van der Waals surface area contributed by atoms with E-state index in [2.05, 4.69) is 10.6 Å². The number of aliphatic hydroxyl groups is 1. The molecule has 3 N–H and O–H groups in total. The number of hydrogen-bond donors (Lipinski definition) is 3. The number of halogens is 1. The minimum atomic E-state index is -0.585. The Morgan fingerprint density at radius 2 is 1.77 bits per heavy atom. The molecule has 1 unspecified atom stereocenters. The summed E-state index contributed by atoms with van der Waals surface area (Å²) in [6.07, 6.45) is -0.585. The Morgan fingerprint density at radius 3 is 2.43 bits per heavy atom. The maximum atomic E-state index is 11.6. The molecule has 0 aliphatic carbocycles. The van der Waals surface area contributed by atoms with Gasteiger partial charge in [0.05, 0.1) is 6.61 Å². The molecule has 30 heavy (non-hydrogen) atoms. The molecule has 1 aromatic carbocycles. The van der Waals surface area contributed by atoms with E-state index < -0.39 is 6.10 Å². The van der Waals surface area contributed by atoms with E-state index in [1.54, 1.807) is 42.7 Å². The summed E-state index contributed by atoms with van der Waals surface area (Å²) in [5.41, 5.74) is 0. The van der Waals surface area contributed by atoms with E-state index in [0.29, 0.717) is 44.3 Å². The van der Waals surface area contributed by atoms with Crippen LogP contribution in [0.1, 0.15) is 0 Å². The Morgan fingerprint density at radius 1 is 1.03 bits per heavy atom. The summed E-state index contributed by atoms with van der Waals surface area (Å²) in [7, 11) is 1.58. The standard InChI is InChI=1S/C20H28N2O6S.ClH/c1-25-9-8-22-20(24)14-28-18-4-2-17(3-5-18)26-10-7-21-12-16(23)13-27-19-6-11-29-15-19;/h2-6,11,15-16,21,23H,7-10,12-14H2,1H3,(H,22,24);1H. The number of methoxy groups -OCH3 is 1. The third-order valence-corrected chi connectivity index (χ3v) is 4.35. The van der Waals surface area contributed by atoms with E-state index in [1.165, 1.54) is 0 Å². The predicted octanol–water partition coefficient (Wildman–Crippen LogP) is 1.72. The molecule has 0 aliphatic rings. The minimum absolute atomic E-state index is 0. The summed E-state index contributed by atoms with van der Waals surface area (Å²) in [6, 6.07) is 8.92. The van der Waals surface area contributed by atoms with Crippen molar-refractivity contribution in [3.8, 4) is 17.2 Å². The van der Waals surface area contributed by atoms with Crippen LogP contribution in [-0.4, -0.2) is 70.3 Å². The number of carbonyl (C=O) groups excluding carboxylic acids is 1. The van der Waals surface area contributed by atoms with Gasteiger partial charge in [0.15, 0.2) is 6.61 Å². The molecule has 10 heteroatoms. The Hall–Kier alpha value is -2.04. The van der Waals surface area contributed by atoms with Crippen molar-refractivity contribution in [3.63, 3.8) is 0 Å². The summed E-state index contributed by atoms with van der Waals surface area (Å²) in [5, 5.41) is 19.5. The van der Waals surface area contributed by atoms with Crippen LogP contribution in [0.4, 0.5) is 0 Å². The monoisotopic (exact) mass is 460 g/mol. The second-order valence-electron chi connectivity index (χ2n) is 6.08. The second-order valence-corrected chi connectivity index (χ2v) is 6.86. The average Bonchev–Trinajstić information content (AvgIpc) is 3.25. The highest BCUT2D eigenvalue weighted by molar-refractivity contribution is 7.08. The summed E-state index contributed by atoms with van der Waals surface area (Å²) < 4.78 is 21.4. The van der Waals surface area contributed by atoms with Crippen molar-refractivity contribution in [1.29, 1.82) is 0 Å². The smallest absolute Gasteiger partial charge is 0.258 e. The van der Waals surface area contributed by atoms with Crippen LogP contribution in [0.3, 0.4) is 0 Å². The Labute approximate surface area is 186 Å². The summed E-state index contributed by atoms with van der Waals surface area (Å²) in [5.74, 6) is 1.86. The number of hydrogen-bond acceptors (Lipinski definition) is 8. The van der Waals surface area contributed by atoms with Crippen LogP contribution in [0.2, 0.25) is 0 Å². The van der Waals surface area contributed by atoms with Crippen LogP contribution in [0.25, 0.3) is 0 Å². The Bertz CT molecular complexity index is 687. The molecule has 1 heterocycles. The fraction of sp³-hybridized carbons (Fsp3) is 0.450. The highest BCUT2D eigenvalue weighted by Gasteiger charge is 2.05. The van der Waals surface area contributed by atoms with Crippen LogP contribution in [0.5, 0.6) is 17.2 Å². The van der Waals surface area contributed by atoms with E-state index in [1.807, 2.05) is 16.8 Å². The Kier molecular flexibility index (Phi) is 13.7. The first-order valence-electron chi connectivity index (χ1n) is 9.32. The van der Waals surface area contributed by atoms with Crippen LogP contribution in [0, 0.1) is 0 Å². The molecule has 0 aliphatic heterocycles. The number of rotatable bonds is 15. The zero-order valence-electron chi connectivity index (χ0n) is 16.9. The number of carbonyl (C=O) groups is 1. The van der Waals surface area contributed by atoms with Crippen molar-refractivity contribution >= 4 is 29.7 Å². The first kappa shape index (κ1) is 26.0. The van der Waals surface area contributed by atoms with E-state index in [4.69, 9.17) is 18.9 Å². The van der Waals surface area contributed by atoms with E-state index in [0.717, 1.165) is 5.75 Å². The maximum absolute atomic E-state index is 11.6.